The van der Waals surface area contributed by atoms with Crippen molar-refractivity contribution in [3.63, 3.8) is 0 Å². The van der Waals surface area contributed by atoms with Crippen LogP contribution in [-0.4, -0.2) is 9.55 Å². The van der Waals surface area contributed by atoms with Crippen LogP contribution in [0.4, 0.5) is 0 Å². The molecule has 0 unspecified atom stereocenters. The van der Waals surface area contributed by atoms with E-state index < -0.39 is 0 Å². The lowest BCUT2D eigenvalue weighted by Gasteiger charge is -2.09. The van der Waals surface area contributed by atoms with Gasteiger partial charge < -0.3 is 4.57 Å². The minimum atomic E-state index is 0.779. The third kappa shape index (κ3) is 3.11. The lowest BCUT2D eigenvalue weighted by molar-refractivity contribution is 0.705. The first kappa shape index (κ1) is 12.7. The Kier molecular flexibility index (Phi) is 4.24. The number of nitrogens with zero attached hydrogens (tertiary/aromatic N) is 2. The first-order valence-electron chi connectivity index (χ1n) is 5.64. The molecule has 1 heterocycles. The predicted molar refractivity (Wildman–Crippen MR) is 74.5 cm³/mol. The molecular formula is C13H14BrClN2. The fourth-order valence-electron chi connectivity index (χ4n) is 1.77. The fraction of sp³-hybridized carbons (Fsp3) is 0.308. The van der Waals surface area contributed by atoms with Crippen molar-refractivity contribution in [2.45, 2.75) is 26.3 Å². The smallest absolute Gasteiger partial charge is 0.108 e. The van der Waals surface area contributed by atoms with Gasteiger partial charge in [0.15, 0.2) is 0 Å². The monoisotopic (exact) mass is 312 g/mol. The molecule has 0 bridgehead atoms. The van der Waals surface area contributed by atoms with Crippen LogP contribution in [-0.2, 0) is 13.0 Å². The Bertz CT molecular complexity index is 508. The molecule has 0 saturated carbocycles. The van der Waals surface area contributed by atoms with E-state index in [-0.39, 0.29) is 0 Å². The molecule has 1 aromatic carbocycles. The number of hydrogen-bond donors (Lipinski definition) is 0. The molecule has 0 aliphatic carbocycles. The number of aryl methyl sites for hydroxylation is 1. The first-order chi connectivity index (χ1) is 8.20. The van der Waals surface area contributed by atoms with E-state index in [4.69, 9.17) is 11.6 Å². The lowest BCUT2D eigenvalue weighted by Crippen LogP contribution is -2.04. The quantitative estimate of drug-likeness (QED) is 0.823. The number of imidazole rings is 1. The summed E-state index contributed by atoms with van der Waals surface area (Å²) < 4.78 is 3.16. The second-order valence-electron chi connectivity index (χ2n) is 3.96. The third-order valence-corrected chi connectivity index (χ3v) is 3.48. The Morgan fingerprint density at radius 1 is 1.41 bits per heavy atom. The number of hydrogen-bond acceptors (Lipinski definition) is 1. The summed E-state index contributed by atoms with van der Waals surface area (Å²) in [5.74, 6) is 1.12. The van der Waals surface area contributed by atoms with Gasteiger partial charge in [-0.3, -0.25) is 0 Å². The molecule has 0 atom stereocenters. The van der Waals surface area contributed by atoms with Gasteiger partial charge in [-0.2, -0.15) is 0 Å². The van der Waals surface area contributed by atoms with Crippen molar-refractivity contribution in [2.75, 3.05) is 0 Å². The van der Waals surface area contributed by atoms with Gasteiger partial charge in [0, 0.05) is 28.3 Å². The van der Waals surface area contributed by atoms with Crippen molar-refractivity contribution in [1.82, 2.24) is 9.55 Å². The van der Waals surface area contributed by atoms with Gasteiger partial charge in [-0.05, 0) is 24.1 Å². The van der Waals surface area contributed by atoms with Crippen LogP contribution in [0, 0.1) is 0 Å². The van der Waals surface area contributed by atoms with E-state index >= 15 is 0 Å². The molecule has 0 aliphatic rings. The Morgan fingerprint density at radius 3 is 2.94 bits per heavy atom. The maximum Gasteiger partial charge on any atom is 0.108 e. The predicted octanol–water partition coefficient (Wildman–Crippen LogP) is 4.30. The standard InChI is InChI=1S/C13H14BrClN2/c1-2-3-13-16-6-7-17(13)9-10-4-5-11(14)8-12(10)15/h4-8H,2-3,9H2,1H3. The highest BCUT2D eigenvalue weighted by molar-refractivity contribution is 9.10. The van der Waals surface area contributed by atoms with Gasteiger partial charge in [-0.25, -0.2) is 4.98 Å². The van der Waals surface area contributed by atoms with E-state index in [1.165, 1.54) is 0 Å². The van der Waals surface area contributed by atoms with E-state index in [0.29, 0.717) is 0 Å². The average Bonchev–Trinajstić information content (AvgIpc) is 2.71. The Hall–Kier alpha value is -0.800. The van der Waals surface area contributed by atoms with E-state index in [1.807, 2.05) is 30.6 Å². The van der Waals surface area contributed by atoms with Gasteiger partial charge in [0.2, 0.25) is 0 Å². The SMILES string of the molecule is CCCc1nccn1Cc1ccc(Br)cc1Cl. The molecule has 2 aromatic rings. The van der Waals surface area contributed by atoms with Crippen LogP contribution in [0.15, 0.2) is 35.1 Å². The fourth-order valence-corrected chi connectivity index (χ4v) is 2.50. The second kappa shape index (κ2) is 5.69. The van der Waals surface area contributed by atoms with Crippen molar-refractivity contribution in [3.05, 3.63) is 51.5 Å². The highest BCUT2D eigenvalue weighted by atomic mass is 79.9. The molecule has 0 aliphatic heterocycles. The van der Waals surface area contributed by atoms with Gasteiger partial charge in [0.1, 0.15) is 5.82 Å². The topological polar surface area (TPSA) is 17.8 Å². The Labute approximate surface area is 115 Å². The molecule has 0 N–H and O–H groups in total. The zero-order chi connectivity index (χ0) is 12.3. The summed E-state index contributed by atoms with van der Waals surface area (Å²) in [7, 11) is 0. The number of benzene rings is 1. The first-order valence-corrected chi connectivity index (χ1v) is 6.81. The average molecular weight is 314 g/mol. The number of halogens is 2. The molecule has 4 heteroatoms. The Morgan fingerprint density at radius 2 is 2.24 bits per heavy atom. The van der Waals surface area contributed by atoms with Gasteiger partial charge in [-0.1, -0.05) is 40.5 Å². The number of aromatic nitrogens is 2. The van der Waals surface area contributed by atoms with Crippen LogP contribution in [0.1, 0.15) is 24.7 Å². The molecule has 0 fully saturated rings. The molecule has 90 valence electrons. The summed E-state index contributed by atoms with van der Waals surface area (Å²) >= 11 is 9.62. The van der Waals surface area contributed by atoms with Crippen molar-refractivity contribution in [1.29, 1.82) is 0 Å². The summed E-state index contributed by atoms with van der Waals surface area (Å²) in [6, 6.07) is 5.98. The van der Waals surface area contributed by atoms with Crippen LogP contribution >= 0.6 is 27.5 Å². The highest BCUT2D eigenvalue weighted by Gasteiger charge is 2.05. The highest BCUT2D eigenvalue weighted by Crippen LogP contribution is 2.22. The summed E-state index contributed by atoms with van der Waals surface area (Å²) in [5.41, 5.74) is 1.12. The van der Waals surface area contributed by atoms with E-state index in [2.05, 4.69) is 32.4 Å². The molecular weight excluding hydrogens is 300 g/mol. The molecule has 2 nitrogen and oxygen atoms in total. The third-order valence-electron chi connectivity index (χ3n) is 2.63. The van der Waals surface area contributed by atoms with Crippen LogP contribution in [0.2, 0.25) is 5.02 Å². The van der Waals surface area contributed by atoms with Crippen LogP contribution in [0.25, 0.3) is 0 Å². The number of rotatable bonds is 4. The second-order valence-corrected chi connectivity index (χ2v) is 5.28. The summed E-state index contributed by atoms with van der Waals surface area (Å²) in [4.78, 5) is 4.36. The summed E-state index contributed by atoms with van der Waals surface area (Å²) in [6.45, 7) is 2.94. The molecule has 17 heavy (non-hydrogen) atoms. The van der Waals surface area contributed by atoms with E-state index in [9.17, 15) is 0 Å². The van der Waals surface area contributed by atoms with Gasteiger partial charge >= 0.3 is 0 Å². The van der Waals surface area contributed by atoms with Crippen LogP contribution in [0.3, 0.4) is 0 Å². The van der Waals surface area contributed by atoms with E-state index in [1.54, 1.807) is 0 Å². The molecule has 2 rings (SSSR count). The van der Waals surface area contributed by atoms with Crippen molar-refractivity contribution in [3.8, 4) is 0 Å². The minimum Gasteiger partial charge on any atom is -0.330 e. The van der Waals surface area contributed by atoms with Crippen molar-refractivity contribution < 1.29 is 0 Å². The van der Waals surface area contributed by atoms with Crippen LogP contribution in [0.5, 0.6) is 0 Å². The minimum absolute atomic E-state index is 0.779. The summed E-state index contributed by atoms with van der Waals surface area (Å²) in [5, 5.41) is 0.788. The molecule has 0 amide bonds. The van der Waals surface area contributed by atoms with Gasteiger partial charge in [-0.15, -0.1) is 0 Å². The molecule has 0 spiro atoms. The van der Waals surface area contributed by atoms with Gasteiger partial charge in [0.05, 0.1) is 6.54 Å². The molecule has 0 radical (unpaired) electrons. The lowest BCUT2D eigenvalue weighted by atomic mass is 10.2. The zero-order valence-electron chi connectivity index (χ0n) is 9.66. The van der Waals surface area contributed by atoms with Gasteiger partial charge in [0.25, 0.3) is 0 Å². The maximum atomic E-state index is 6.21. The molecule has 0 saturated heterocycles. The van der Waals surface area contributed by atoms with Crippen molar-refractivity contribution in [2.24, 2.45) is 0 Å². The normalized spacial score (nSPS) is 10.8. The zero-order valence-corrected chi connectivity index (χ0v) is 12.0. The summed E-state index contributed by atoms with van der Waals surface area (Å²) in [6.07, 6.45) is 5.95. The maximum absolute atomic E-state index is 6.21. The van der Waals surface area contributed by atoms with E-state index in [0.717, 1.165) is 40.3 Å². The molecule has 1 aromatic heterocycles. The Balaban J connectivity index is 2.22. The van der Waals surface area contributed by atoms with Crippen LogP contribution < -0.4 is 0 Å². The van der Waals surface area contributed by atoms with Crippen molar-refractivity contribution >= 4 is 27.5 Å². The largest absolute Gasteiger partial charge is 0.330 e.